The molecule has 2 aliphatic heterocycles. The number of alkyl halides is 3. The lowest BCUT2D eigenvalue weighted by molar-refractivity contribution is -0.192. The van der Waals surface area contributed by atoms with Crippen LogP contribution in [0.1, 0.15) is 35.7 Å². The predicted molar refractivity (Wildman–Crippen MR) is 132 cm³/mol. The number of para-hydroxylation sites is 1. The highest BCUT2D eigenvalue weighted by Crippen LogP contribution is 2.40. The highest BCUT2D eigenvalue weighted by atomic mass is 35.5. The van der Waals surface area contributed by atoms with Crippen LogP contribution >= 0.6 is 11.6 Å². The van der Waals surface area contributed by atoms with Crippen LogP contribution in [0, 0.1) is 12.7 Å². The van der Waals surface area contributed by atoms with Crippen molar-refractivity contribution in [2.24, 2.45) is 0 Å². The number of carboxylic acid groups (broad SMARTS) is 1. The van der Waals surface area contributed by atoms with Crippen LogP contribution in [0.2, 0.25) is 5.02 Å². The molecular weight excluding hydrogens is 514 g/mol. The number of aryl methyl sites for hydroxylation is 2. The molecule has 0 bridgehead atoms. The minimum Gasteiger partial charge on any atom is -0.475 e. The van der Waals surface area contributed by atoms with Gasteiger partial charge in [0.05, 0.1) is 28.1 Å². The van der Waals surface area contributed by atoms with Crippen molar-refractivity contribution in [3.8, 4) is 11.3 Å². The van der Waals surface area contributed by atoms with E-state index in [4.69, 9.17) is 21.5 Å². The second-order valence-corrected chi connectivity index (χ2v) is 9.02. The van der Waals surface area contributed by atoms with E-state index < -0.39 is 12.1 Å². The summed E-state index contributed by atoms with van der Waals surface area (Å²) in [5.74, 6) is -3.10. The molecule has 37 heavy (non-hydrogen) atoms. The van der Waals surface area contributed by atoms with Gasteiger partial charge in [0.25, 0.3) is 0 Å². The van der Waals surface area contributed by atoms with Crippen molar-refractivity contribution in [3.63, 3.8) is 0 Å². The van der Waals surface area contributed by atoms with Gasteiger partial charge in [-0.2, -0.15) is 13.2 Å². The number of rotatable bonds is 3. The number of anilines is 1. The summed E-state index contributed by atoms with van der Waals surface area (Å²) in [6.45, 7) is 4.53. The van der Waals surface area contributed by atoms with Gasteiger partial charge in [-0.1, -0.05) is 41.1 Å². The van der Waals surface area contributed by atoms with Gasteiger partial charge in [0.15, 0.2) is 0 Å². The topological polar surface area (TPSA) is 92.1 Å². The summed E-state index contributed by atoms with van der Waals surface area (Å²) in [6, 6.07) is 11.2. The van der Waals surface area contributed by atoms with Crippen molar-refractivity contribution in [1.29, 1.82) is 0 Å². The molecule has 0 saturated heterocycles. The van der Waals surface area contributed by atoms with Gasteiger partial charge in [-0.15, -0.1) is 5.10 Å². The molecule has 12 heteroatoms. The molecule has 1 atom stereocenters. The molecule has 7 nitrogen and oxygen atoms in total. The number of hydrogen-bond donors (Lipinski definition) is 3. The van der Waals surface area contributed by atoms with Gasteiger partial charge < -0.3 is 15.7 Å². The number of nitrogens with one attached hydrogen (secondary N) is 2. The monoisotopic (exact) mass is 537 g/mol. The molecule has 1 aromatic heterocycles. The first-order valence-corrected chi connectivity index (χ1v) is 11.9. The third kappa shape index (κ3) is 5.94. The maximum absolute atomic E-state index is 14.5. The third-order valence-corrected chi connectivity index (χ3v) is 6.49. The fourth-order valence-electron chi connectivity index (χ4n) is 4.41. The first-order chi connectivity index (χ1) is 17.6. The molecule has 0 fully saturated rings. The Morgan fingerprint density at radius 1 is 1.27 bits per heavy atom. The van der Waals surface area contributed by atoms with Gasteiger partial charge in [0, 0.05) is 18.7 Å². The molecule has 2 aliphatic rings. The molecule has 3 aromatic rings. The Kier molecular flexibility index (Phi) is 7.84. The van der Waals surface area contributed by atoms with E-state index in [2.05, 4.69) is 45.2 Å². The number of halogens is 5. The van der Waals surface area contributed by atoms with E-state index in [9.17, 15) is 17.6 Å². The van der Waals surface area contributed by atoms with Crippen molar-refractivity contribution in [2.45, 2.75) is 38.5 Å². The zero-order valence-corrected chi connectivity index (χ0v) is 20.5. The van der Waals surface area contributed by atoms with Crippen molar-refractivity contribution >= 4 is 28.8 Å². The highest BCUT2D eigenvalue weighted by molar-refractivity contribution is 6.33. The number of fused-ring (bicyclic) bond motifs is 3. The lowest BCUT2D eigenvalue weighted by atomic mass is 9.90. The quantitative estimate of drug-likeness (QED) is 0.376. The van der Waals surface area contributed by atoms with Crippen LogP contribution in [0.5, 0.6) is 0 Å². The zero-order chi connectivity index (χ0) is 26.7. The maximum Gasteiger partial charge on any atom is 0.490 e. The maximum atomic E-state index is 14.5. The van der Waals surface area contributed by atoms with Crippen molar-refractivity contribution in [3.05, 3.63) is 70.1 Å². The number of benzene rings is 2. The van der Waals surface area contributed by atoms with E-state index >= 15 is 0 Å². The van der Waals surface area contributed by atoms with Gasteiger partial charge >= 0.3 is 12.1 Å². The highest BCUT2D eigenvalue weighted by Gasteiger charge is 2.38. The molecule has 5 rings (SSSR count). The van der Waals surface area contributed by atoms with Crippen LogP contribution in [0.4, 0.5) is 23.2 Å². The lowest BCUT2D eigenvalue weighted by Crippen LogP contribution is -2.21. The average Bonchev–Trinajstić information content (AvgIpc) is 3.15. The summed E-state index contributed by atoms with van der Waals surface area (Å²) in [5.41, 5.74) is 7.02. The molecule has 0 radical (unpaired) electrons. The second-order valence-electron chi connectivity index (χ2n) is 8.62. The van der Waals surface area contributed by atoms with E-state index in [0.29, 0.717) is 17.3 Å². The number of carbonyl (C=O) groups is 1. The second kappa shape index (κ2) is 10.9. The van der Waals surface area contributed by atoms with E-state index in [1.54, 1.807) is 12.1 Å². The molecule has 1 unspecified atom stereocenters. The Labute approximate surface area is 215 Å². The summed E-state index contributed by atoms with van der Waals surface area (Å²) >= 11 is 6.32. The molecular formula is C25H24ClF4N5O2. The molecule has 2 aromatic carbocycles. The predicted octanol–water partition coefficient (Wildman–Crippen LogP) is 5.61. The van der Waals surface area contributed by atoms with Gasteiger partial charge in [-0.25, -0.2) is 13.9 Å². The molecule has 196 valence electrons. The zero-order valence-electron chi connectivity index (χ0n) is 19.7. The first-order valence-electron chi connectivity index (χ1n) is 11.5. The van der Waals surface area contributed by atoms with Crippen molar-refractivity contribution < 1.29 is 27.5 Å². The molecule has 3 N–H and O–H groups in total. The van der Waals surface area contributed by atoms with E-state index in [-0.39, 0.29) is 11.9 Å². The van der Waals surface area contributed by atoms with Crippen LogP contribution in [0.3, 0.4) is 0 Å². The Hall–Kier alpha value is -3.44. The summed E-state index contributed by atoms with van der Waals surface area (Å²) < 4.78 is 48.2. The Morgan fingerprint density at radius 2 is 2.03 bits per heavy atom. The number of aliphatic carboxylic acids is 1. The van der Waals surface area contributed by atoms with Crippen LogP contribution in [-0.4, -0.2) is 45.3 Å². The largest absolute Gasteiger partial charge is 0.490 e. The van der Waals surface area contributed by atoms with Gasteiger partial charge in [0.1, 0.15) is 5.82 Å². The number of aromatic nitrogens is 3. The van der Waals surface area contributed by atoms with Crippen LogP contribution in [0.25, 0.3) is 16.8 Å². The minimum absolute atomic E-state index is 0.0993. The number of nitrogens with zero attached hydrogens (tertiary/aromatic N) is 3. The molecule has 3 heterocycles. The lowest BCUT2D eigenvalue weighted by Gasteiger charge is -2.23. The summed E-state index contributed by atoms with van der Waals surface area (Å²) in [5, 5.41) is 22.9. The molecule has 0 amide bonds. The van der Waals surface area contributed by atoms with Gasteiger partial charge in [0.2, 0.25) is 0 Å². The third-order valence-electron chi connectivity index (χ3n) is 6.17. The molecule has 0 saturated carbocycles. The average molecular weight is 538 g/mol. The van der Waals surface area contributed by atoms with Crippen LogP contribution in [-0.2, 0) is 11.3 Å². The minimum atomic E-state index is -5.08. The van der Waals surface area contributed by atoms with Gasteiger partial charge in [-0.05, 0) is 61.2 Å². The number of hydrogen-bond acceptors (Lipinski definition) is 5. The fourth-order valence-corrected chi connectivity index (χ4v) is 4.63. The molecule has 0 spiro atoms. The number of carboxylic acids is 1. The van der Waals surface area contributed by atoms with E-state index in [1.807, 2.05) is 11.6 Å². The van der Waals surface area contributed by atoms with Crippen LogP contribution < -0.4 is 10.6 Å². The standard InChI is InChI=1S/C23H23ClFN5.C2HF3O2/c1-14-23-17-6-5-16(15-7-10-26-11-8-15)13-18(17)21(9-12-30(23)29-28-14)27-22-19(24)3-2-4-20(22)25;3-2(4,5)1(6)7/h2-7,13,21,26-27H,8-12H2,1H3;(H,6,7). The summed E-state index contributed by atoms with van der Waals surface area (Å²) in [6.07, 6.45) is -1.10. The smallest absolute Gasteiger partial charge is 0.475 e. The van der Waals surface area contributed by atoms with E-state index in [0.717, 1.165) is 48.4 Å². The fraction of sp³-hybridized carbons (Fsp3) is 0.320. The summed E-state index contributed by atoms with van der Waals surface area (Å²) in [7, 11) is 0. The first kappa shape index (κ1) is 26.6. The Morgan fingerprint density at radius 3 is 2.68 bits per heavy atom. The Balaban J connectivity index is 0.000000405. The normalized spacial score (nSPS) is 16.9. The van der Waals surface area contributed by atoms with E-state index in [1.165, 1.54) is 17.2 Å². The molecule has 0 aliphatic carbocycles. The van der Waals surface area contributed by atoms with Crippen molar-refractivity contribution in [2.75, 3.05) is 18.4 Å². The van der Waals surface area contributed by atoms with Crippen molar-refractivity contribution in [1.82, 2.24) is 20.3 Å². The summed E-state index contributed by atoms with van der Waals surface area (Å²) in [4.78, 5) is 8.90. The SMILES string of the molecule is Cc1nnn2c1-c1ccc(C3=CCNCC3)cc1C(Nc1c(F)cccc1Cl)CC2.O=C(O)C(F)(F)F. The van der Waals surface area contributed by atoms with Gasteiger partial charge in [-0.3, -0.25) is 0 Å². The van der Waals surface area contributed by atoms with Crippen LogP contribution in [0.15, 0.2) is 42.5 Å². The Bertz CT molecular complexity index is 1320.